The van der Waals surface area contributed by atoms with Crippen LogP contribution in [0, 0.1) is 0 Å². The fourth-order valence-corrected chi connectivity index (χ4v) is 3.13. The van der Waals surface area contributed by atoms with Gasteiger partial charge >= 0.3 is 0 Å². The highest BCUT2D eigenvalue weighted by Gasteiger charge is 2.18. The molecular formula is C26H28N2O3. The third-order valence-corrected chi connectivity index (χ3v) is 5.02. The lowest BCUT2D eigenvalue weighted by molar-refractivity contribution is -0.128. The molecule has 31 heavy (non-hydrogen) atoms. The highest BCUT2D eigenvalue weighted by atomic mass is 16.5. The van der Waals surface area contributed by atoms with Crippen molar-refractivity contribution in [3.05, 3.63) is 84.4 Å². The minimum Gasteiger partial charge on any atom is -0.481 e. The van der Waals surface area contributed by atoms with Crippen LogP contribution >= 0.6 is 0 Å². The molecule has 2 unspecified atom stereocenters. The van der Waals surface area contributed by atoms with Gasteiger partial charge in [0.2, 0.25) is 5.91 Å². The van der Waals surface area contributed by atoms with Gasteiger partial charge in [-0.3, -0.25) is 9.59 Å². The number of anilines is 1. The first-order valence-corrected chi connectivity index (χ1v) is 10.5. The molecule has 3 aromatic rings. The van der Waals surface area contributed by atoms with Crippen LogP contribution in [0.4, 0.5) is 5.69 Å². The van der Waals surface area contributed by atoms with E-state index in [1.807, 2.05) is 80.6 Å². The number of nitrogens with one attached hydrogen (secondary N) is 2. The molecule has 5 heteroatoms. The standard InChI is InChI=1S/C26H28N2O3/c1-4-25(29)28-23-14-10-20(11-15-23)18(2)27-26(30)19(3)31-24-16-12-22(13-17-24)21-8-6-5-7-9-21/h5-19H,4H2,1-3H3,(H,27,30)(H,28,29). The van der Waals surface area contributed by atoms with Crippen LogP contribution in [-0.2, 0) is 9.59 Å². The van der Waals surface area contributed by atoms with Crippen molar-refractivity contribution in [2.75, 3.05) is 5.32 Å². The fraction of sp³-hybridized carbons (Fsp3) is 0.231. The molecule has 160 valence electrons. The third-order valence-electron chi connectivity index (χ3n) is 5.02. The van der Waals surface area contributed by atoms with Gasteiger partial charge in [0.1, 0.15) is 5.75 Å². The predicted octanol–water partition coefficient (Wildman–Crippen LogP) is 5.35. The molecule has 0 saturated heterocycles. The van der Waals surface area contributed by atoms with Crippen LogP contribution in [0.3, 0.4) is 0 Å². The number of carbonyl (C=O) groups excluding carboxylic acids is 2. The first kappa shape index (κ1) is 22.1. The molecule has 0 aliphatic heterocycles. The van der Waals surface area contributed by atoms with E-state index in [1.54, 1.807) is 6.92 Å². The van der Waals surface area contributed by atoms with E-state index in [0.29, 0.717) is 12.2 Å². The number of carbonyl (C=O) groups is 2. The molecule has 0 spiro atoms. The molecule has 3 rings (SSSR count). The highest BCUT2D eigenvalue weighted by Crippen LogP contribution is 2.23. The molecule has 0 aliphatic carbocycles. The van der Waals surface area contributed by atoms with Crippen molar-refractivity contribution in [1.82, 2.24) is 5.32 Å². The van der Waals surface area contributed by atoms with Gasteiger partial charge < -0.3 is 15.4 Å². The van der Waals surface area contributed by atoms with Gasteiger partial charge in [-0.2, -0.15) is 0 Å². The Labute approximate surface area is 183 Å². The lowest BCUT2D eigenvalue weighted by atomic mass is 10.1. The molecule has 3 aromatic carbocycles. The molecule has 0 aromatic heterocycles. The van der Waals surface area contributed by atoms with Crippen molar-refractivity contribution >= 4 is 17.5 Å². The molecule has 2 amide bonds. The van der Waals surface area contributed by atoms with Crippen LogP contribution in [0.2, 0.25) is 0 Å². The van der Waals surface area contributed by atoms with Gasteiger partial charge in [0, 0.05) is 12.1 Å². The van der Waals surface area contributed by atoms with E-state index in [0.717, 1.165) is 22.4 Å². The van der Waals surface area contributed by atoms with E-state index in [1.165, 1.54) is 0 Å². The summed E-state index contributed by atoms with van der Waals surface area (Å²) in [5, 5.41) is 5.79. The first-order valence-electron chi connectivity index (χ1n) is 10.5. The summed E-state index contributed by atoms with van der Waals surface area (Å²) < 4.78 is 5.82. The Balaban J connectivity index is 1.54. The lowest BCUT2D eigenvalue weighted by Crippen LogP contribution is -2.37. The van der Waals surface area contributed by atoms with E-state index in [4.69, 9.17) is 4.74 Å². The maximum atomic E-state index is 12.6. The molecule has 0 saturated carbocycles. The Hall–Kier alpha value is -3.60. The van der Waals surface area contributed by atoms with Gasteiger partial charge in [-0.05, 0) is 54.8 Å². The molecule has 5 nitrogen and oxygen atoms in total. The van der Waals surface area contributed by atoms with Crippen LogP contribution in [-0.4, -0.2) is 17.9 Å². The van der Waals surface area contributed by atoms with Crippen LogP contribution in [0.25, 0.3) is 11.1 Å². The average molecular weight is 417 g/mol. The minimum atomic E-state index is -0.631. The molecular weight excluding hydrogens is 388 g/mol. The van der Waals surface area contributed by atoms with Crippen LogP contribution in [0.1, 0.15) is 38.8 Å². The van der Waals surface area contributed by atoms with E-state index >= 15 is 0 Å². The summed E-state index contributed by atoms with van der Waals surface area (Å²) in [5.74, 6) is 0.422. The van der Waals surface area contributed by atoms with E-state index in [9.17, 15) is 9.59 Å². The third kappa shape index (κ3) is 6.19. The van der Waals surface area contributed by atoms with Crippen molar-refractivity contribution in [3.63, 3.8) is 0 Å². The molecule has 2 N–H and O–H groups in total. The molecule has 0 fully saturated rings. The summed E-state index contributed by atoms with van der Waals surface area (Å²) in [6.07, 6.45) is -0.200. The number of benzene rings is 3. The maximum absolute atomic E-state index is 12.6. The number of ether oxygens (including phenoxy) is 1. The van der Waals surface area contributed by atoms with Crippen LogP contribution < -0.4 is 15.4 Å². The van der Waals surface area contributed by atoms with Crippen molar-refractivity contribution in [2.45, 2.75) is 39.3 Å². The largest absolute Gasteiger partial charge is 0.481 e. The zero-order valence-corrected chi connectivity index (χ0v) is 18.1. The molecule has 0 bridgehead atoms. The summed E-state index contributed by atoms with van der Waals surface area (Å²) >= 11 is 0. The van der Waals surface area contributed by atoms with Gasteiger partial charge in [-0.25, -0.2) is 0 Å². The van der Waals surface area contributed by atoms with E-state index in [-0.39, 0.29) is 17.9 Å². The average Bonchev–Trinajstić information content (AvgIpc) is 2.80. The summed E-state index contributed by atoms with van der Waals surface area (Å²) in [5.41, 5.74) is 3.92. The summed E-state index contributed by atoms with van der Waals surface area (Å²) in [7, 11) is 0. The number of hydrogen-bond acceptors (Lipinski definition) is 3. The van der Waals surface area contributed by atoms with Crippen molar-refractivity contribution in [1.29, 1.82) is 0 Å². The quantitative estimate of drug-likeness (QED) is 0.520. The van der Waals surface area contributed by atoms with Gasteiger partial charge in [0.05, 0.1) is 6.04 Å². The Morgan fingerprint density at radius 3 is 2.06 bits per heavy atom. The molecule has 0 radical (unpaired) electrons. The first-order chi connectivity index (χ1) is 15.0. The predicted molar refractivity (Wildman–Crippen MR) is 124 cm³/mol. The SMILES string of the molecule is CCC(=O)Nc1ccc(C(C)NC(=O)C(C)Oc2ccc(-c3ccccc3)cc2)cc1. The Morgan fingerprint density at radius 1 is 0.839 bits per heavy atom. The zero-order chi connectivity index (χ0) is 22.2. The second-order valence-corrected chi connectivity index (χ2v) is 7.40. The smallest absolute Gasteiger partial charge is 0.261 e. The van der Waals surface area contributed by atoms with Gasteiger partial charge in [-0.15, -0.1) is 0 Å². The second kappa shape index (κ2) is 10.4. The highest BCUT2D eigenvalue weighted by molar-refractivity contribution is 5.90. The summed E-state index contributed by atoms with van der Waals surface area (Å²) in [4.78, 5) is 24.1. The van der Waals surface area contributed by atoms with Gasteiger partial charge in [0.15, 0.2) is 6.10 Å². The molecule has 0 aliphatic rings. The monoisotopic (exact) mass is 416 g/mol. The van der Waals surface area contributed by atoms with Crippen molar-refractivity contribution < 1.29 is 14.3 Å². The fourth-order valence-electron chi connectivity index (χ4n) is 3.13. The van der Waals surface area contributed by atoms with E-state index in [2.05, 4.69) is 22.8 Å². The molecule has 0 heterocycles. The van der Waals surface area contributed by atoms with E-state index < -0.39 is 6.10 Å². The van der Waals surface area contributed by atoms with Crippen molar-refractivity contribution in [3.8, 4) is 16.9 Å². The lowest BCUT2D eigenvalue weighted by Gasteiger charge is -2.19. The maximum Gasteiger partial charge on any atom is 0.261 e. The zero-order valence-electron chi connectivity index (χ0n) is 18.1. The Bertz CT molecular complexity index is 999. The Morgan fingerprint density at radius 2 is 1.45 bits per heavy atom. The Kier molecular flexibility index (Phi) is 7.44. The summed E-state index contributed by atoms with van der Waals surface area (Å²) in [6, 6.07) is 25.1. The summed E-state index contributed by atoms with van der Waals surface area (Å²) in [6.45, 7) is 5.46. The number of amides is 2. The topological polar surface area (TPSA) is 67.4 Å². The van der Waals surface area contributed by atoms with Crippen LogP contribution in [0.15, 0.2) is 78.9 Å². The van der Waals surface area contributed by atoms with Gasteiger partial charge in [0.25, 0.3) is 5.91 Å². The normalized spacial score (nSPS) is 12.5. The molecule has 2 atom stereocenters. The minimum absolute atomic E-state index is 0.0307. The second-order valence-electron chi connectivity index (χ2n) is 7.40. The van der Waals surface area contributed by atoms with Crippen LogP contribution in [0.5, 0.6) is 5.75 Å². The number of rotatable bonds is 8. The van der Waals surface area contributed by atoms with Gasteiger partial charge in [-0.1, -0.05) is 61.5 Å². The van der Waals surface area contributed by atoms with Crippen molar-refractivity contribution in [2.24, 2.45) is 0 Å². The number of hydrogen-bond donors (Lipinski definition) is 2.